The highest BCUT2D eigenvalue weighted by molar-refractivity contribution is 7.10. The van der Waals surface area contributed by atoms with E-state index >= 15 is 0 Å². The quantitative estimate of drug-likeness (QED) is 0.529. The second-order valence-electron chi connectivity index (χ2n) is 2.11. The first-order valence-corrected chi connectivity index (χ1v) is 3.79. The molecule has 0 fully saturated rings. The van der Waals surface area contributed by atoms with Crippen LogP contribution >= 0.6 is 9.47 Å². The van der Waals surface area contributed by atoms with Crippen molar-refractivity contribution in [2.75, 3.05) is 7.11 Å². The molecular formula is C8H9O3P. The van der Waals surface area contributed by atoms with E-state index in [4.69, 9.17) is 9.26 Å². The van der Waals surface area contributed by atoms with Crippen molar-refractivity contribution >= 4 is 15.8 Å². The van der Waals surface area contributed by atoms with Crippen LogP contribution in [0.1, 0.15) is 10.4 Å². The molecule has 0 radical (unpaired) electrons. The summed E-state index contributed by atoms with van der Waals surface area (Å²) < 4.78 is 9.90. The van der Waals surface area contributed by atoms with Crippen LogP contribution in [0.4, 0.5) is 0 Å². The van der Waals surface area contributed by atoms with Crippen LogP contribution in [0, 0.1) is 0 Å². The molecule has 0 saturated carbocycles. The summed E-state index contributed by atoms with van der Waals surface area (Å²) in [6.07, 6.45) is 0.728. The first-order valence-electron chi connectivity index (χ1n) is 3.32. The van der Waals surface area contributed by atoms with E-state index < -0.39 is 0 Å². The fourth-order valence-corrected chi connectivity index (χ4v) is 1.12. The minimum Gasteiger partial charge on any atom is -0.492 e. The van der Waals surface area contributed by atoms with E-state index in [2.05, 4.69) is 9.47 Å². The Bertz CT molecular complexity index is 286. The summed E-state index contributed by atoms with van der Waals surface area (Å²) in [6, 6.07) is 5.11. The van der Waals surface area contributed by atoms with Gasteiger partial charge < -0.3 is 9.26 Å². The van der Waals surface area contributed by atoms with Crippen LogP contribution in [0.2, 0.25) is 0 Å². The molecule has 0 saturated heterocycles. The Kier molecular flexibility index (Phi) is 3.06. The topological polar surface area (TPSA) is 35.5 Å². The highest BCUT2D eigenvalue weighted by Crippen LogP contribution is 2.30. The molecule has 64 valence electrons. The van der Waals surface area contributed by atoms with Gasteiger partial charge in [0.15, 0.2) is 17.8 Å². The lowest BCUT2D eigenvalue weighted by Gasteiger charge is -2.07. The maximum absolute atomic E-state index is 10.5. The van der Waals surface area contributed by atoms with Crippen LogP contribution in [-0.4, -0.2) is 13.4 Å². The number of ether oxygens (including phenoxy) is 1. The maximum Gasteiger partial charge on any atom is 0.171 e. The van der Waals surface area contributed by atoms with Gasteiger partial charge in [-0.05, 0) is 12.1 Å². The predicted molar refractivity (Wildman–Crippen MR) is 48.7 cm³/mol. The molecule has 0 N–H and O–H groups in total. The summed E-state index contributed by atoms with van der Waals surface area (Å²) >= 11 is 0. The third-order valence-electron chi connectivity index (χ3n) is 1.47. The Morgan fingerprint density at radius 1 is 1.50 bits per heavy atom. The van der Waals surface area contributed by atoms with E-state index in [1.165, 1.54) is 7.11 Å². The zero-order valence-corrected chi connectivity index (χ0v) is 7.77. The smallest absolute Gasteiger partial charge is 0.171 e. The number of benzene rings is 1. The molecule has 12 heavy (non-hydrogen) atoms. The van der Waals surface area contributed by atoms with Crippen molar-refractivity contribution < 1.29 is 14.1 Å². The summed E-state index contributed by atoms with van der Waals surface area (Å²) in [5.41, 5.74) is 0.484. The predicted octanol–water partition coefficient (Wildman–Crippen LogP) is 1.68. The largest absolute Gasteiger partial charge is 0.492 e. The number of aldehydes is 1. The second-order valence-corrected chi connectivity index (χ2v) is 2.35. The fourth-order valence-electron chi connectivity index (χ4n) is 0.937. The molecule has 1 unspecified atom stereocenters. The molecule has 1 aromatic carbocycles. The number of hydrogen-bond donors (Lipinski definition) is 0. The number of rotatable bonds is 3. The molecule has 0 spiro atoms. The molecule has 0 aliphatic carbocycles. The first-order chi connectivity index (χ1) is 5.83. The molecule has 0 aromatic heterocycles. The van der Waals surface area contributed by atoms with Crippen molar-refractivity contribution in [2.24, 2.45) is 0 Å². The molecule has 1 aromatic rings. The molecule has 0 aliphatic rings. The zero-order valence-electron chi connectivity index (χ0n) is 6.61. The minimum absolute atomic E-state index is 0.461. The molecule has 0 heterocycles. The van der Waals surface area contributed by atoms with Gasteiger partial charge in [0.2, 0.25) is 0 Å². The van der Waals surface area contributed by atoms with Crippen LogP contribution < -0.4 is 9.26 Å². The summed E-state index contributed by atoms with van der Waals surface area (Å²) in [7, 11) is 3.60. The van der Waals surface area contributed by atoms with Crippen molar-refractivity contribution in [3.63, 3.8) is 0 Å². The number of methoxy groups -OCH3 is 1. The Hall–Kier alpha value is -1.08. The zero-order chi connectivity index (χ0) is 8.97. The van der Waals surface area contributed by atoms with E-state index in [0.717, 1.165) is 6.29 Å². The molecule has 0 amide bonds. The standard InChI is InChI=1S/C8H9O3P/c1-10-8-6(5-9)3-2-4-7(8)11-12/h2-5H,12H2,1H3. The van der Waals surface area contributed by atoms with E-state index in [-0.39, 0.29) is 0 Å². The van der Waals surface area contributed by atoms with Gasteiger partial charge in [-0.15, -0.1) is 0 Å². The minimum atomic E-state index is 0.461. The Morgan fingerprint density at radius 3 is 2.75 bits per heavy atom. The summed E-state index contributed by atoms with van der Waals surface area (Å²) in [6.45, 7) is 0. The van der Waals surface area contributed by atoms with Crippen molar-refractivity contribution in [2.45, 2.75) is 0 Å². The van der Waals surface area contributed by atoms with Gasteiger partial charge in [-0.25, -0.2) is 0 Å². The van der Waals surface area contributed by atoms with Gasteiger partial charge in [-0.2, -0.15) is 0 Å². The van der Waals surface area contributed by atoms with Gasteiger partial charge in [0, 0.05) is 0 Å². The van der Waals surface area contributed by atoms with Gasteiger partial charge in [0.1, 0.15) is 0 Å². The van der Waals surface area contributed by atoms with Gasteiger partial charge in [-0.1, -0.05) is 6.07 Å². The fraction of sp³-hybridized carbons (Fsp3) is 0.125. The molecule has 1 rings (SSSR count). The average molecular weight is 184 g/mol. The third-order valence-corrected chi connectivity index (χ3v) is 1.72. The van der Waals surface area contributed by atoms with Gasteiger partial charge in [0.05, 0.1) is 22.1 Å². The van der Waals surface area contributed by atoms with Crippen molar-refractivity contribution in [3.05, 3.63) is 23.8 Å². The molecule has 1 atom stereocenters. The average Bonchev–Trinajstić information content (AvgIpc) is 2.16. The van der Waals surface area contributed by atoms with Crippen LogP contribution in [0.5, 0.6) is 11.5 Å². The summed E-state index contributed by atoms with van der Waals surface area (Å²) in [5, 5.41) is 0. The van der Waals surface area contributed by atoms with E-state index in [1.54, 1.807) is 18.2 Å². The third kappa shape index (κ3) is 1.56. The van der Waals surface area contributed by atoms with Gasteiger partial charge in [0.25, 0.3) is 0 Å². The number of para-hydroxylation sites is 1. The van der Waals surface area contributed by atoms with Gasteiger partial charge in [-0.3, -0.25) is 4.79 Å². The highest BCUT2D eigenvalue weighted by Gasteiger charge is 2.07. The van der Waals surface area contributed by atoms with Crippen molar-refractivity contribution in [3.8, 4) is 11.5 Å². The van der Waals surface area contributed by atoms with E-state index in [1.807, 2.05) is 0 Å². The first kappa shape index (κ1) is 9.01. The molecular weight excluding hydrogens is 175 g/mol. The number of carbonyl (C=O) groups is 1. The molecule has 0 bridgehead atoms. The van der Waals surface area contributed by atoms with Crippen LogP contribution in [0.3, 0.4) is 0 Å². The van der Waals surface area contributed by atoms with Crippen LogP contribution in [-0.2, 0) is 0 Å². The van der Waals surface area contributed by atoms with E-state index in [9.17, 15) is 4.79 Å². The van der Waals surface area contributed by atoms with E-state index in [0.29, 0.717) is 17.1 Å². The Morgan fingerprint density at radius 2 is 2.25 bits per heavy atom. The molecule has 0 aliphatic heterocycles. The monoisotopic (exact) mass is 184 g/mol. The van der Waals surface area contributed by atoms with Crippen LogP contribution in [0.25, 0.3) is 0 Å². The maximum atomic E-state index is 10.5. The molecule has 3 nitrogen and oxygen atoms in total. The number of carbonyl (C=O) groups excluding carboxylic acids is 1. The molecule has 4 heteroatoms. The Labute approximate surface area is 73.0 Å². The lowest BCUT2D eigenvalue weighted by atomic mass is 10.2. The Balaban J connectivity index is 3.21. The lowest BCUT2D eigenvalue weighted by Crippen LogP contribution is -1.91. The van der Waals surface area contributed by atoms with Crippen LogP contribution in [0.15, 0.2) is 18.2 Å². The highest BCUT2D eigenvalue weighted by atomic mass is 31.0. The summed E-state index contributed by atoms with van der Waals surface area (Å²) in [5.74, 6) is 0.995. The SMILES string of the molecule is COc1c(C=O)cccc1OP. The lowest BCUT2D eigenvalue weighted by molar-refractivity contribution is 0.112. The van der Waals surface area contributed by atoms with Gasteiger partial charge >= 0.3 is 0 Å². The number of hydrogen-bond acceptors (Lipinski definition) is 3. The second kappa shape index (κ2) is 4.07. The normalized spacial score (nSPS) is 9.17. The van der Waals surface area contributed by atoms with Crippen molar-refractivity contribution in [1.29, 1.82) is 0 Å². The summed E-state index contributed by atoms with van der Waals surface area (Å²) in [4.78, 5) is 10.5. The van der Waals surface area contributed by atoms with Crippen molar-refractivity contribution in [1.82, 2.24) is 0 Å².